The molecule has 1 saturated heterocycles. The number of thiocarbonyl (C=S) groups is 1. The maximum absolute atomic E-state index is 12.8. The lowest BCUT2D eigenvalue weighted by atomic mass is 9.91. The molecule has 0 bridgehead atoms. The van der Waals surface area contributed by atoms with Crippen molar-refractivity contribution in [2.45, 2.75) is 0 Å². The van der Waals surface area contributed by atoms with Gasteiger partial charge in [0.1, 0.15) is 5.57 Å². The number of nitrogens with zero attached hydrogens (tertiary/aromatic N) is 2. The molecule has 0 N–H and O–H groups in total. The predicted octanol–water partition coefficient (Wildman–Crippen LogP) is 2.70. The standard InChI is InChI=1S/C19H16N2O2S/c1-20-17(22)16(18(23)21(2)19(20)24)15(13-9-5-3-6-10-13)14-11-7-4-8-12-14/h3-12H,1-2H3. The molecule has 5 heteroatoms. The molecule has 24 heavy (non-hydrogen) atoms. The van der Waals surface area contributed by atoms with Crippen LogP contribution in [0.15, 0.2) is 66.2 Å². The van der Waals surface area contributed by atoms with E-state index in [4.69, 9.17) is 12.2 Å². The van der Waals surface area contributed by atoms with E-state index >= 15 is 0 Å². The SMILES string of the molecule is CN1C(=O)C(=C(c2ccccc2)c2ccccc2)C(=O)N(C)C1=S. The summed E-state index contributed by atoms with van der Waals surface area (Å²) >= 11 is 5.17. The summed E-state index contributed by atoms with van der Waals surface area (Å²) in [4.78, 5) is 28.3. The van der Waals surface area contributed by atoms with Gasteiger partial charge in [0.25, 0.3) is 11.8 Å². The molecule has 4 nitrogen and oxygen atoms in total. The van der Waals surface area contributed by atoms with Crippen LogP contribution in [-0.2, 0) is 9.59 Å². The smallest absolute Gasteiger partial charge is 0.266 e. The monoisotopic (exact) mass is 336 g/mol. The van der Waals surface area contributed by atoms with Gasteiger partial charge in [-0.05, 0) is 23.3 Å². The molecule has 0 aromatic heterocycles. The van der Waals surface area contributed by atoms with Crippen LogP contribution in [0.5, 0.6) is 0 Å². The minimum atomic E-state index is -0.384. The summed E-state index contributed by atoms with van der Waals surface area (Å²) in [6.45, 7) is 0. The fraction of sp³-hybridized carbons (Fsp3) is 0.105. The van der Waals surface area contributed by atoms with E-state index < -0.39 is 0 Å². The highest BCUT2D eigenvalue weighted by Crippen LogP contribution is 2.30. The van der Waals surface area contributed by atoms with Crippen LogP contribution in [0.2, 0.25) is 0 Å². The van der Waals surface area contributed by atoms with E-state index in [0.717, 1.165) is 11.1 Å². The second kappa shape index (κ2) is 6.37. The van der Waals surface area contributed by atoms with E-state index in [1.54, 1.807) is 14.1 Å². The first-order chi connectivity index (χ1) is 11.5. The van der Waals surface area contributed by atoms with Crippen LogP contribution in [0.1, 0.15) is 11.1 Å². The van der Waals surface area contributed by atoms with Crippen molar-refractivity contribution >= 4 is 34.7 Å². The number of likely N-dealkylation sites (N-methyl/N-ethyl adjacent to an activating group) is 2. The molecule has 120 valence electrons. The van der Waals surface area contributed by atoms with Crippen LogP contribution < -0.4 is 0 Å². The molecule has 1 fully saturated rings. The number of amides is 2. The fourth-order valence-electron chi connectivity index (χ4n) is 2.70. The van der Waals surface area contributed by atoms with Crippen molar-refractivity contribution in [1.29, 1.82) is 0 Å². The minimum Gasteiger partial charge on any atom is -0.288 e. The molecular weight excluding hydrogens is 320 g/mol. The molecule has 2 amide bonds. The Morgan fingerprint density at radius 2 is 1.12 bits per heavy atom. The molecule has 0 spiro atoms. The first kappa shape index (κ1) is 16.1. The maximum atomic E-state index is 12.8. The number of carbonyl (C=O) groups excluding carboxylic acids is 2. The topological polar surface area (TPSA) is 40.6 Å². The lowest BCUT2D eigenvalue weighted by molar-refractivity contribution is -0.132. The molecule has 2 aromatic rings. The maximum Gasteiger partial charge on any atom is 0.266 e. The van der Waals surface area contributed by atoms with Gasteiger partial charge in [-0.3, -0.25) is 19.4 Å². The summed E-state index contributed by atoms with van der Waals surface area (Å²) in [5.41, 5.74) is 2.38. The molecule has 2 aromatic carbocycles. The van der Waals surface area contributed by atoms with Crippen molar-refractivity contribution in [3.8, 4) is 0 Å². The number of benzene rings is 2. The second-order valence-corrected chi connectivity index (χ2v) is 5.86. The number of carbonyl (C=O) groups is 2. The van der Waals surface area contributed by atoms with Gasteiger partial charge in [-0.25, -0.2) is 0 Å². The molecule has 1 aliphatic heterocycles. The van der Waals surface area contributed by atoms with Crippen molar-refractivity contribution in [2.24, 2.45) is 0 Å². The van der Waals surface area contributed by atoms with E-state index in [2.05, 4.69) is 0 Å². The Bertz CT molecular complexity index is 777. The van der Waals surface area contributed by atoms with E-state index in [1.807, 2.05) is 60.7 Å². The summed E-state index contributed by atoms with van der Waals surface area (Å²) in [6, 6.07) is 18.9. The van der Waals surface area contributed by atoms with Crippen LogP contribution in [0.4, 0.5) is 0 Å². The van der Waals surface area contributed by atoms with Crippen LogP contribution >= 0.6 is 12.2 Å². The third-order valence-corrected chi connectivity index (χ3v) is 4.53. The molecule has 0 radical (unpaired) electrons. The highest BCUT2D eigenvalue weighted by atomic mass is 32.1. The van der Waals surface area contributed by atoms with E-state index in [1.165, 1.54) is 9.80 Å². The average molecular weight is 336 g/mol. The molecule has 1 aliphatic rings. The van der Waals surface area contributed by atoms with Gasteiger partial charge in [-0.2, -0.15) is 0 Å². The van der Waals surface area contributed by atoms with Crippen molar-refractivity contribution in [1.82, 2.24) is 9.80 Å². The molecule has 0 aliphatic carbocycles. The van der Waals surface area contributed by atoms with Gasteiger partial charge < -0.3 is 0 Å². The zero-order valence-corrected chi connectivity index (χ0v) is 14.2. The Labute approximate surface area is 146 Å². The largest absolute Gasteiger partial charge is 0.288 e. The van der Waals surface area contributed by atoms with Gasteiger partial charge in [-0.15, -0.1) is 0 Å². The summed E-state index contributed by atoms with van der Waals surface area (Å²) < 4.78 is 0. The van der Waals surface area contributed by atoms with Crippen LogP contribution in [-0.4, -0.2) is 40.8 Å². The van der Waals surface area contributed by atoms with Crippen molar-refractivity contribution < 1.29 is 9.59 Å². The van der Waals surface area contributed by atoms with Crippen LogP contribution in [0.3, 0.4) is 0 Å². The first-order valence-electron chi connectivity index (χ1n) is 7.47. The molecule has 0 unspecified atom stereocenters. The van der Waals surface area contributed by atoms with Crippen molar-refractivity contribution in [2.75, 3.05) is 14.1 Å². The quantitative estimate of drug-likeness (QED) is 0.481. The number of hydrogen-bond acceptors (Lipinski definition) is 3. The van der Waals surface area contributed by atoms with Crippen molar-refractivity contribution in [3.63, 3.8) is 0 Å². The average Bonchev–Trinajstić information content (AvgIpc) is 2.63. The second-order valence-electron chi connectivity index (χ2n) is 5.49. The normalized spacial score (nSPS) is 15.1. The molecular formula is C19H16N2O2S. The zero-order valence-electron chi connectivity index (χ0n) is 13.4. The van der Waals surface area contributed by atoms with Gasteiger partial charge in [0.05, 0.1) is 0 Å². The van der Waals surface area contributed by atoms with E-state index in [9.17, 15) is 9.59 Å². The molecule has 1 heterocycles. The van der Waals surface area contributed by atoms with Gasteiger partial charge in [0, 0.05) is 19.7 Å². The van der Waals surface area contributed by atoms with Crippen molar-refractivity contribution in [3.05, 3.63) is 77.4 Å². The Morgan fingerprint density at radius 3 is 1.50 bits per heavy atom. The summed E-state index contributed by atoms with van der Waals surface area (Å²) in [6.07, 6.45) is 0. The fourth-order valence-corrected chi connectivity index (χ4v) is 2.87. The highest BCUT2D eigenvalue weighted by molar-refractivity contribution is 7.80. The Balaban J connectivity index is 2.31. The number of rotatable bonds is 2. The number of hydrogen-bond donors (Lipinski definition) is 0. The summed E-state index contributed by atoms with van der Waals surface area (Å²) in [5.74, 6) is -0.767. The Morgan fingerprint density at radius 1 is 0.750 bits per heavy atom. The highest BCUT2D eigenvalue weighted by Gasteiger charge is 2.38. The summed E-state index contributed by atoms with van der Waals surface area (Å²) in [7, 11) is 3.17. The van der Waals surface area contributed by atoms with E-state index in [0.29, 0.717) is 5.57 Å². The Hall–Kier alpha value is -2.79. The molecule has 0 atom stereocenters. The summed E-state index contributed by atoms with van der Waals surface area (Å²) in [5, 5.41) is 0.203. The van der Waals surface area contributed by atoms with Gasteiger partial charge in [0.2, 0.25) is 0 Å². The first-order valence-corrected chi connectivity index (χ1v) is 7.88. The third-order valence-electron chi connectivity index (χ3n) is 3.99. The Kier molecular flexibility index (Phi) is 4.27. The predicted molar refractivity (Wildman–Crippen MR) is 97.0 cm³/mol. The van der Waals surface area contributed by atoms with Crippen LogP contribution in [0, 0.1) is 0 Å². The molecule has 3 rings (SSSR count). The van der Waals surface area contributed by atoms with Gasteiger partial charge in [0.15, 0.2) is 5.11 Å². The van der Waals surface area contributed by atoms with Gasteiger partial charge >= 0.3 is 0 Å². The third kappa shape index (κ3) is 2.63. The lowest BCUT2D eigenvalue weighted by Gasteiger charge is -2.33. The van der Waals surface area contributed by atoms with E-state index in [-0.39, 0.29) is 22.5 Å². The minimum absolute atomic E-state index is 0.131. The lowest BCUT2D eigenvalue weighted by Crippen LogP contribution is -2.53. The van der Waals surface area contributed by atoms with Crippen LogP contribution in [0.25, 0.3) is 5.57 Å². The zero-order chi connectivity index (χ0) is 17.3. The molecule has 0 saturated carbocycles. The van der Waals surface area contributed by atoms with Gasteiger partial charge in [-0.1, -0.05) is 60.7 Å².